The Balaban J connectivity index is 1.67. The molecule has 5 heteroatoms. The minimum atomic E-state index is -0.779. The van der Waals surface area contributed by atoms with Crippen LogP contribution in [0.2, 0.25) is 0 Å². The largest absolute Gasteiger partial charge is 0.468 e. The average molecular weight is 336 g/mol. The van der Waals surface area contributed by atoms with Crippen molar-refractivity contribution in [3.63, 3.8) is 0 Å². The van der Waals surface area contributed by atoms with Crippen LogP contribution < -0.4 is 15.4 Å². The molecule has 0 spiro atoms. The SMILES string of the molecule is Cc1cccc(NC(=O)[C@H]2C(=O)N[C@]3(C)C[C@@H]2c2ccccc2O3)c1. The zero-order valence-corrected chi connectivity index (χ0v) is 14.2. The molecule has 1 saturated heterocycles. The van der Waals surface area contributed by atoms with Gasteiger partial charge in [0.25, 0.3) is 0 Å². The van der Waals surface area contributed by atoms with Crippen LogP contribution >= 0.6 is 0 Å². The number of ether oxygens (including phenoxy) is 1. The molecule has 3 atom stereocenters. The van der Waals surface area contributed by atoms with Crippen LogP contribution in [0.5, 0.6) is 5.75 Å². The number of hydrogen-bond donors (Lipinski definition) is 2. The normalized spacial score (nSPS) is 26.9. The fourth-order valence-electron chi connectivity index (χ4n) is 3.83. The summed E-state index contributed by atoms with van der Waals surface area (Å²) in [5, 5.41) is 5.76. The van der Waals surface area contributed by atoms with E-state index in [4.69, 9.17) is 4.74 Å². The molecule has 1 fully saturated rings. The van der Waals surface area contributed by atoms with Crippen LogP contribution in [0.4, 0.5) is 5.69 Å². The van der Waals surface area contributed by atoms with E-state index < -0.39 is 11.6 Å². The molecule has 0 aliphatic carbocycles. The van der Waals surface area contributed by atoms with Gasteiger partial charge in [0, 0.05) is 18.0 Å². The lowest BCUT2D eigenvalue weighted by molar-refractivity contribution is -0.145. The van der Waals surface area contributed by atoms with Gasteiger partial charge in [0.2, 0.25) is 11.8 Å². The zero-order valence-electron chi connectivity index (χ0n) is 14.2. The third-order valence-electron chi connectivity index (χ3n) is 4.90. The van der Waals surface area contributed by atoms with E-state index in [1.807, 2.05) is 62.4 Å². The van der Waals surface area contributed by atoms with Gasteiger partial charge < -0.3 is 15.4 Å². The number of anilines is 1. The van der Waals surface area contributed by atoms with Gasteiger partial charge in [0.05, 0.1) is 0 Å². The summed E-state index contributed by atoms with van der Waals surface area (Å²) in [6, 6.07) is 15.2. The third-order valence-corrected chi connectivity index (χ3v) is 4.90. The van der Waals surface area contributed by atoms with Crippen LogP contribution in [0, 0.1) is 12.8 Å². The molecule has 2 aliphatic heterocycles. The Bertz CT molecular complexity index is 864. The van der Waals surface area contributed by atoms with E-state index in [1.165, 1.54) is 0 Å². The molecule has 2 heterocycles. The second-order valence-electron chi connectivity index (χ2n) is 7.01. The first-order valence-corrected chi connectivity index (χ1v) is 8.43. The number of nitrogens with one attached hydrogen (secondary N) is 2. The summed E-state index contributed by atoms with van der Waals surface area (Å²) < 4.78 is 5.96. The maximum atomic E-state index is 12.9. The first-order chi connectivity index (χ1) is 12.0. The van der Waals surface area contributed by atoms with Gasteiger partial charge in [-0.1, -0.05) is 30.3 Å². The number of rotatable bonds is 2. The van der Waals surface area contributed by atoms with Gasteiger partial charge in [-0.05, 0) is 43.2 Å². The number of para-hydroxylation sites is 1. The highest BCUT2D eigenvalue weighted by atomic mass is 16.5. The highest BCUT2D eigenvalue weighted by molar-refractivity contribution is 6.08. The lowest BCUT2D eigenvalue weighted by atomic mass is 9.74. The van der Waals surface area contributed by atoms with Crippen molar-refractivity contribution in [1.82, 2.24) is 5.32 Å². The van der Waals surface area contributed by atoms with Crippen LogP contribution in [0.15, 0.2) is 48.5 Å². The fourth-order valence-corrected chi connectivity index (χ4v) is 3.83. The van der Waals surface area contributed by atoms with Crippen molar-refractivity contribution in [3.05, 3.63) is 59.7 Å². The topological polar surface area (TPSA) is 67.4 Å². The highest BCUT2D eigenvalue weighted by Gasteiger charge is 2.51. The first-order valence-electron chi connectivity index (χ1n) is 8.43. The smallest absolute Gasteiger partial charge is 0.237 e. The molecule has 2 N–H and O–H groups in total. The van der Waals surface area contributed by atoms with E-state index in [0.717, 1.165) is 16.9 Å². The number of carbonyl (C=O) groups excluding carboxylic acids is 2. The quantitative estimate of drug-likeness (QED) is 0.829. The summed E-state index contributed by atoms with van der Waals surface area (Å²) in [6.07, 6.45) is 0.571. The second kappa shape index (κ2) is 5.62. The monoisotopic (exact) mass is 336 g/mol. The molecule has 0 radical (unpaired) electrons. The minimum Gasteiger partial charge on any atom is -0.468 e. The lowest BCUT2D eigenvalue weighted by Crippen LogP contribution is -2.62. The molecule has 0 aromatic heterocycles. The lowest BCUT2D eigenvalue weighted by Gasteiger charge is -2.46. The van der Waals surface area contributed by atoms with Gasteiger partial charge >= 0.3 is 0 Å². The van der Waals surface area contributed by atoms with Crippen LogP contribution in [0.25, 0.3) is 0 Å². The van der Waals surface area contributed by atoms with Gasteiger partial charge in [-0.25, -0.2) is 0 Å². The van der Waals surface area contributed by atoms with Crippen molar-refractivity contribution in [1.29, 1.82) is 0 Å². The average Bonchev–Trinajstić information content (AvgIpc) is 2.53. The molecule has 5 nitrogen and oxygen atoms in total. The van der Waals surface area contributed by atoms with Gasteiger partial charge in [-0.15, -0.1) is 0 Å². The van der Waals surface area contributed by atoms with E-state index >= 15 is 0 Å². The van der Waals surface area contributed by atoms with Crippen LogP contribution in [0.3, 0.4) is 0 Å². The van der Waals surface area contributed by atoms with Crippen molar-refractivity contribution >= 4 is 17.5 Å². The van der Waals surface area contributed by atoms with Gasteiger partial charge in [-0.3, -0.25) is 9.59 Å². The summed E-state index contributed by atoms with van der Waals surface area (Å²) in [6.45, 7) is 3.81. The number of fused-ring (bicyclic) bond motifs is 4. The van der Waals surface area contributed by atoms with E-state index in [1.54, 1.807) is 0 Å². The molecule has 25 heavy (non-hydrogen) atoms. The molecule has 128 valence electrons. The number of aryl methyl sites for hydroxylation is 1. The maximum absolute atomic E-state index is 12.9. The molecule has 2 aliphatic rings. The van der Waals surface area contributed by atoms with Crippen LogP contribution in [0.1, 0.15) is 30.4 Å². The molecular weight excluding hydrogens is 316 g/mol. The van der Waals surface area contributed by atoms with Crippen molar-refractivity contribution < 1.29 is 14.3 Å². The highest BCUT2D eigenvalue weighted by Crippen LogP contribution is 2.46. The van der Waals surface area contributed by atoms with E-state index in [9.17, 15) is 9.59 Å². The molecule has 0 saturated carbocycles. The second-order valence-corrected chi connectivity index (χ2v) is 7.01. The summed E-state index contributed by atoms with van der Waals surface area (Å²) in [7, 11) is 0. The van der Waals surface area contributed by atoms with Crippen LogP contribution in [-0.2, 0) is 9.59 Å². The van der Waals surface area contributed by atoms with Crippen LogP contribution in [-0.4, -0.2) is 17.5 Å². The van der Waals surface area contributed by atoms with Crippen molar-refractivity contribution in [2.75, 3.05) is 5.32 Å². The number of piperidine rings is 1. The Morgan fingerprint density at radius 3 is 2.84 bits per heavy atom. The van der Waals surface area contributed by atoms with Crippen molar-refractivity contribution in [2.24, 2.45) is 5.92 Å². The number of benzene rings is 2. The molecule has 2 aromatic carbocycles. The van der Waals surface area contributed by atoms with E-state index in [-0.39, 0.29) is 17.7 Å². The Labute approximate surface area is 146 Å². The number of hydrogen-bond acceptors (Lipinski definition) is 3. The summed E-state index contributed by atoms with van der Waals surface area (Å²) >= 11 is 0. The standard InChI is InChI=1S/C20H20N2O3/c1-12-6-5-7-13(10-12)21-18(23)17-15-11-20(2,22-19(17)24)25-16-9-4-3-8-14(15)16/h3-10,15,17H,11H2,1-2H3,(H,21,23)(H,22,24)/t15-,17+,20+/m1/s1. The van der Waals surface area contributed by atoms with E-state index in [0.29, 0.717) is 12.1 Å². The van der Waals surface area contributed by atoms with E-state index in [2.05, 4.69) is 10.6 Å². The van der Waals surface area contributed by atoms with Gasteiger partial charge in [0.1, 0.15) is 11.7 Å². The predicted octanol–water partition coefficient (Wildman–Crippen LogP) is 2.96. The van der Waals surface area contributed by atoms with Crippen molar-refractivity contribution in [2.45, 2.75) is 31.9 Å². The predicted molar refractivity (Wildman–Crippen MR) is 94.3 cm³/mol. The summed E-state index contributed by atoms with van der Waals surface area (Å²) in [4.78, 5) is 25.6. The number of carbonyl (C=O) groups is 2. The Kier molecular flexibility index (Phi) is 3.53. The first kappa shape index (κ1) is 15.7. The molecule has 2 aromatic rings. The molecular formula is C20H20N2O3. The zero-order chi connectivity index (χ0) is 17.6. The Hall–Kier alpha value is -2.82. The van der Waals surface area contributed by atoms with Crippen molar-refractivity contribution in [3.8, 4) is 5.75 Å². The maximum Gasteiger partial charge on any atom is 0.237 e. The minimum absolute atomic E-state index is 0.200. The fraction of sp³-hybridized carbons (Fsp3) is 0.300. The summed E-state index contributed by atoms with van der Waals surface area (Å²) in [5.74, 6) is -0.827. The third kappa shape index (κ3) is 2.76. The van der Waals surface area contributed by atoms with Gasteiger partial charge in [0.15, 0.2) is 5.72 Å². The molecule has 2 bridgehead atoms. The van der Waals surface area contributed by atoms with Gasteiger partial charge in [-0.2, -0.15) is 0 Å². The molecule has 0 unspecified atom stereocenters. The molecule has 4 rings (SSSR count). The summed E-state index contributed by atoms with van der Waals surface area (Å²) in [5.41, 5.74) is 1.90. The Morgan fingerprint density at radius 1 is 1.24 bits per heavy atom. The Morgan fingerprint density at radius 2 is 2.04 bits per heavy atom. The molecule has 2 amide bonds. The number of amides is 2.